The molecular weight excluding hydrogens is 1510 g/mol. The van der Waals surface area contributed by atoms with E-state index in [1.54, 1.807) is 0 Å². The summed E-state index contributed by atoms with van der Waals surface area (Å²) in [5.41, 5.74) is 13.1. The minimum Gasteiger partial charge on any atom is -2.00 e. The second-order valence-electron chi connectivity index (χ2n) is 15.7. The quantitative estimate of drug-likeness (QED) is 0.0205. The van der Waals surface area contributed by atoms with E-state index in [0.29, 0.717) is 0 Å². The molecule has 0 aliphatic rings. The summed E-state index contributed by atoms with van der Waals surface area (Å²) in [6.07, 6.45) is -0.830. The summed E-state index contributed by atoms with van der Waals surface area (Å²) in [6, 6.07) is -8.40. The first-order valence-corrected chi connectivity index (χ1v) is 25.0. The van der Waals surface area contributed by atoms with Crippen molar-refractivity contribution >= 4 is 200 Å². The van der Waals surface area contributed by atoms with Gasteiger partial charge in [-0.2, -0.15) is 0 Å². The van der Waals surface area contributed by atoms with E-state index in [1.807, 2.05) is 21.3 Å². The molecule has 88 heavy (non-hydrogen) atoms. The Balaban J connectivity index is -0.0000000849. The van der Waals surface area contributed by atoms with Crippen LogP contribution in [0.3, 0.4) is 0 Å². The van der Waals surface area contributed by atoms with Crippen LogP contribution in [-0.4, -0.2) is 193 Å². The number of quaternary nitrogens is 4. The topological polar surface area (TPSA) is 664 Å². The number of hydrogen-bond acceptors (Lipinski definition) is 28. The van der Waals surface area contributed by atoms with Crippen molar-refractivity contribution < 1.29 is 209 Å². The van der Waals surface area contributed by atoms with E-state index in [4.69, 9.17) is 0 Å². The zero-order chi connectivity index (χ0) is 62.8. The molecule has 0 bridgehead atoms. The molecule has 0 rings (SSSR count). The molecule has 0 heterocycles. The largest absolute Gasteiger partial charge is 3.00 e. The van der Waals surface area contributed by atoms with E-state index in [-0.39, 0.29) is 197 Å². The SMILES string of the molecule is [Fe+2].[Fe+2].[Fe+3].[Fe+3].[NH3+][C@@H](CCC(=O)N[C@@H](C[S-])C(=O)NCC(=O)[O-])C(=O)[O-].[NH3+][C@@H](CCC(=O)N[C@@H](C[S-])C(=O)NCC(=O)[O-])C(=O)[O-].[NH3+][C@@H](CCC(=O)N[C@@H](C[S-])C(=O)NCC(=O)[O-])C(=O)[O-].[NH3+][C@@H](CCC(=O)N[C@@H](C[S-])C(=O)NCC(=O)[O-])C(=O)[O-].[S-2].[S-2].[S-2].[S-2]. The van der Waals surface area contributed by atoms with Gasteiger partial charge >= 0.3 is 68.3 Å². The van der Waals surface area contributed by atoms with Crippen LogP contribution in [0.5, 0.6) is 0 Å². The summed E-state index contributed by atoms with van der Waals surface area (Å²) >= 11 is 18.7. The van der Waals surface area contributed by atoms with Crippen LogP contribution in [0, 0.1) is 0 Å². The van der Waals surface area contributed by atoms with Gasteiger partial charge in [-0.15, -0.1) is 23.0 Å². The molecule has 2 radical (unpaired) electrons. The maximum atomic E-state index is 11.5. The third-order valence-electron chi connectivity index (χ3n) is 9.11. The average Bonchev–Trinajstić information content (AvgIpc) is 3.39. The van der Waals surface area contributed by atoms with Crippen LogP contribution in [0.15, 0.2) is 0 Å². The van der Waals surface area contributed by atoms with Gasteiger partial charge in [0.05, 0.1) is 98.1 Å². The summed E-state index contributed by atoms with van der Waals surface area (Å²) in [4.78, 5) is 174. The van der Waals surface area contributed by atoms with Crippen molar-refractivity contribution in [3.05, 3.63) is 0 Å². The predicted molar refractivity (Wildman–Crippen MR) is 282 cm³/mol. The van der Waals surface area contributed by atoms with Gasteiger partial charge in [-0.05, 0) is 0 Å². The molecule has 8 atom stereocenters. The number of carbonyl (C=O) groups excluding carboxylic acids is 16. The van der Waals surface area contributed by atoms with E-state index >= 15 is 0 Å². The maximum absolute atomic E-state index is 11.5. The number of rotatable bonds is 36. The number of nitrogens with one attached hydrogen (secondary N) is 8. The van der Waals surface area contributed by atoms with Crippen LogP contribution in [-0.2, 0) is 249 Å². The van der Waals surface area contributed by atoms with Gasteiger partial charge < -0.3 is 249 Å². The molecule has 20 N–H and O–H groups in total. The molecule has 0 fully saturated rings. The molecule has 0 aromatic rings. The summed E-state index contributed by atoms with van der Waals surface area (Å²) in [5.74, 6) is -17.3. The average molecular weight is 1570 g/mol. The third kappa shape index (κ3) is 63.8. The normalized spacial score (nSPS) is 11.9. The van der Waals surface area contributed by atoms with Crippen molar-refractivity contribution in [1.29, 1.82) is 0 Å². The molecule has 48 heteroatoms. The smallest absolute Gasteiger partial charge is 2.00 e. The van der Waals surface area contributed by atoms with Crippen LogP contribution in [0.1, 0.15) is 51.4 Å². The standard InChI is InChI=1S/4C10H17N3O6S.4Fe.4S/c4*11-5(10(18)19)1-2-7(14)13-6(4-20)9(17)12-3-8(15)16;;;;;;;;/h4*5-6,20H,1-4,11H2,(H,12,17)(H,13,14)(H,15,16)(H,18,19);;;;;;;;/q;;;;2*+2;2*+3;4*-2/p-8/t4*5-,6-;;;;;;;;/m0000......../s1. The van der Waals surface area contributed by atoms with E-state index < -0.39 is 170 Å². The summed E-state index contributed by atoms with van der Waals surface area (Å²) < 4.78 is 0. The monoisotopic (exact) mass is 1570 g/mol. The Morgan fingerprint density at radius 2 is 0.443 bits per heavy atom. The first kappa shape index (κ1) is 112. The van der Waals surface area contributed by atoms with Gasteiger partial charge in [-0.25, -0.2) is 0 Å². The summed E-state index contributed by atoms with van der Waals surface area (Å²) in [6.45, 7) is -2.75. The Morgan fingerprint density at radius 3 is 0.545 bits per heavy atom. The maximum Gasteiger partial charge on any atom is 3.00 e. The van der Waals surface area contributed by atoms with E-state index in [9.17, 15) is 118 Å². The Kier molecular flexibility index (Phi) is 84.1. The number of carboxylic acids is 8. The van der Waals surface area contributed by atoms with Crippen LogP contribution in [0.4, 0.5) is 0 Å². The zero-order valence-electron chi connectivity index (χ0n) is 45.2. The predicted octanol–water partition coefficient (Wildman–Crippen LogP) is -23.9. The number of carbonyl (C=O) groups is 16. The minimum absolute atomic E-state index is 0. The van der Waals surface area contributed by atoms with Gasteiger partial charge in [0, 0.05) is 51.4 Å². The van der Waals surface area contributed by atoms with Crippen molar-refractivity contribution in [2.75, 3.05) is 49.2 Å². The van der Waals surface area contributed by atoms with Crippen molar-refractivity contribution in [2.45, 2.75) is 99.7 Å². The fourth-order valence-electron chi connectivity index (χ4n) is 4.62. The van der Waals surface area contributed by atoms with Crippen LogP contribution in [0.25, 0.3) is 0 Å². The van der Waals surface area contributed by atoms with Crippen LogP contribution >= 0.6 is 0 Å². The molecule has 0 saturated carbocycles. The minimum atomic E-state index is -1.47. The Bertz CT molecular complexity index is 1880. The van der Waals surface area contributed by atoms with Crippen molar-refractivity contribution in [2.24, 2.45) is 0 Å². The molecule has 0 aliphatic carbocycles. The van der Waals surface area contributed by atoms with Crippen molar-refractivity contribution in [3.8, 4) is 0 Å². The zero-order valence-corrected chi connectivity index (χ0v) is 56.2. The first-order chi connectivity index (χ1) is 37.1. The molecule has 0 unspecified atom stereocenters. The number of aliphatic carboxylic acids is 8. The Morgan fingerprint density at radius 1 is 0.307 bits per heavy atom. The van der Waals surface area contributed by atoms with Gasteiger partial charge in [-0.3, -0.25) is 38.4 Å². The van der Waals surface area contributed by atoms with Gasteiger partial charge in [-0.1, -0.05) is 0 Å². The summed E-state index contributed by atoms with van der Waals surface area (Å²) in [7, 11) is 0. The Labute approximate surface area is 594 Å². The molecule has 0 aromatic heterocycles. The molecule has 36 nitrogen and oxygen atoms in total. The van der Waals surface area contributed by atoms with Gasteiger partial charge in [0.2, 0.25) is 47.3 Å². The first-order valence-electron chi connectivity index (χ1n) is 22.7. The molecule has 0 aromatic carbocycles. The van der Waals surface area contributed by atoms with E-state index in [2.05, 4.69) is 94.7 Å². The fourth-order valence-corrected chi connectivity index (χ4v) is 5.56. The van der Waals surface area contributed by atoms with Gasteiger partial charge in [0.1, 0.15) is 24.2 Å². The van der Waals surface area contributed by atoms with Gasteiger partial charge in [0.15, 0.2) is 0 Å². The van der Waals surface area contributed by atoms with Crippen molar-refractivity contribution in [1.82, 2.24) is 42.5 Å². The summed E-state index contributed by atoms with van der Waals surface area (Å²) in [5, 5.41) is 99.5. The molecule has 0 saturated heterocycles. The number of carboxylic acid groups (broad SMARTS) is 8. The number of amides is 8. The van der Waals surface area contributed by atoms with Crippen LogP contribution in [0.2, 0.25) is 0 Å². The third-order valence-corrected chi connectivity index (χ3v) is 10.4. The molecular formula is C40H60Fe4N12O24S8-6. The van der Waals surface area contributed by atoms with E-state index in [0.717, 1.165) is 0 Å². The van der Waals surface area contributed by atoms with Crippen molar-refractivity contribution in [3.63, 3.8) is 0 Å². The second kappa shape index (κ2) is 66.2. The second-order valence-corrected chi connectivity index (χ2v) is 17.1. The molecule has 510 valence electrons. The number of hydrogen-bond donors (Lipinski definition) is 12. The van der Waals surface area contributed by atoms with Crippen LogP contribution < -0.4 is 106 Å². The van der Waals surface area contributed by atoms with E-state index in [1.165, 1.54) is 0 Å². The molecule has 0 spiro atoms. The molecule has 0 aliphatic heterocycles. The fraction of sp³-hybridized carbons (Fsp3) is 0.600. The molecule has 8 amide bonds. The van der Waals surface area contributed by atoms with Gasteiger partial charge in [0.25, 0.3) is 0 Å². The Hall–Kier alpha value is -3.76.